The van der Waals surface area contributed by atoms with E-state index >= 15 is 0 Å². The van der Waals surface area contributed by atoms with Crippen LogP contribution in [0.4, 0.5) is 0 Å². The van der Waals surface area contributed by atoms with E-state index in [0.29, 0.717) is 17.4 Å². The Morgan fingerprint density at radius 1 is 1.06 bits per heavy atom. The standard InChI is InChI=1S/C17H27N/c1-13(2)18-11-15(14-9-7-6-8-10-14)16(12-18)17(3,4)5/h6-10,13,15-16H,11-12H2,1-5H3/t15-,16+/m0/s1. The maximum atomic E-state index is 2.63. The molecule has 1 heteroatoms. The minimum Gasteiger partial charge on any atom is -0.300 e. The van der Waals surface area contributed by atoms with Gasteiger partial charge in [0, 0.05) is 25.0 Å². The van der Waals surface area contributed by atoms with Crippen molar-refractivity contribution in [3.8, 4) is 0 Å². The molecule has 1 heterocycles. The molecular weight excluding hydrogens is 218 g/mol. The first-order chi connectivity index (χ1) is 8.39. The molecule has 1 saturated heterocycles. The number of benzene rings is 1. The lowest BCUT2D eigenvalue weighted by atomic mass is 9.73. The highest BCUT2D eigenvalue weighted by atomic mass is 15.2. The van der Waals surface area contributed by atoms with Gasteiger partial charge in [-0.25, -0.2) is 0 Å². The predicted molar refractivity (Wildman–Crippen MR) is 78.8 cm³/mol. The summed E-state index contributed by atoms with van der Waals surface area (Å²) in [6.07, 6.45) is 0. The molecule has 2 atom stereocenters. The van der Waals surface area contributed by atoms with Gasteiger partial charge in [0.15, 0.2) is 0 Å². The molecule has 0 saturated carbocycles. The van der Waals surface area contributed by atoms with Crippen molar-refractivity contribution >= 4 is 0 Å². The lowest BCUT2D eigenvalue weighted by Crippen LogP contribution is -2.30. The van der Waals surface area contributed by atoms with Crippen molar-refractivity contribution in [3.63, 3.8) is 0 Å². The number of nitrogens with zero attached hydrogens (tertiary/aromatic N) is 1. The lowest BCUT2D eigenvalue weighted by Gasteiger charge is -2.32. The van der Waals surface area contributed by atoms with Crippen LogP contribution in [0.2, 0.25) is 0 Å². The highest BCUT2D eigenvalue weighted by Crippen LogP contribution is 2.43. The summed E-state index contributed by atoms with van der Waals surface area (Å²) in [6, 6.07) is 11.7. The summed E-state index contributed by atoms with van der Waals surface area (Å²) in [6.45, 7) is 14.2. The third-order valence-corrected chi connectivity index (χ3v) is 4.42. The molecule has 0 aliphatic carbocycles. The zero-order chi connectivity index (χ0) is 13.3. The normalized spacial score (nSPS) is 25.9. The first-order valence-electron chi connectivity index (χ1n) is 7.18. The zero-order valence-electron chi connectivity index (χ0n) is 12.5. The lowest BCUT2D eigenvalue weighted by molar-refractivity contribution is 0.204. The van der Waals surface area contributed by atoms with E-state index < -0.39 is 0 Å². The average Bonchev–Trinajstić information content (AvgIpc) is 2.74. The Kier molecular flexibility index (Phi) is 3.82. The topological polar surface area (TPSA) is 3.24 Å². The number of hydrogen-bond acceptors (Lipinski definition) is 1. The Morgan fingerprint density at radius 3 is 2.17 bits per heavy atom. The molecule has 1 aromatic rings. The molecule has 1 fully saturated rings. The molecule has 1 nitrogen and oxygen atoms in total. The van der Waals surface area contributed by atoms with Crippen LogP contribution in [0.25, 0.3) is 0 Å². The fourth-order valence-electron chi connectivity index (χ4n) is 3.17. The maximum absolute atomic E-state index is 2.63. The predicted octanol–water partition coefficient (Wildman–Crippen LogP) is 4.16. The largest absolute Gasteiger partial charge is 0.300 e. The van der Waals surface area contributed by atoms with Crippen LogP contribution in [0.15, 0.2) is 30.3 Å². The van der Waals surface area contributed by atoms with Crippen LogP contribution in [-0.2, 0) is 0 Å². The van der Waals surface area contributed by atoms with Gasteiger partial charge in [-0.15, -0.1) is 0 Å². The third-order valence-electron chi connectivity index (χ3n) is 4.42. The monoisotopic (exact) mass is 245 g/mol. The molecule has 0 aromatic heterocycles. The van der Waals surface area contributed by atoms with E-state index in [1.54, 1.807) is 0 Å². The van der Waals surface area contributed by atoms with Crippen LogP contribution >= 0.6 is 0 Å². The van der Waals surface area contributed by atoms with Gasteiger partial charge in [0.1, 0.15) is 0 Å². The van der Waals surface area contributed by atoms with Crippen LogP contribution in [0.1, 0.15) is 46.1 Å². The smallest absolute Gasteiger partial charge is 0.00565 e. The van der Waals surface area contributed by atoms with Crippen molar-refractivity contribution in [2.45, 2.75) is 46.6 Å². The first-order valence-corrected chi connectivity index (χ1v) is 7.18. The van der Waals surface area contributed by atoms with Crippen molar-refractivity contribution in [1.29, 1.82) is 0 Å². The summed E-state index contributed by atoms with van der Waals surface area (Å²) in [5.74, 6) is 1.44. The van der Waals surface area contributed by atoms with E-state index in [2.05, 4.69) is 69.9 Å². The highest BCUT2D eigenvalue weighted by molar-refractivity contribution is 5.23. The summed E-state index contributed by atoms with van der Waals surface area (Å²) >= 11 is 0. The molecule has 0 bridgehead atoms. The average molecular weight is 245 g/mol. The van der Waals surface area contributed by atoms with Crippen LogP contribution in [0.5, 0.6) is 0 Å². The SMILES string of the molecule is CC(C)N1C[C@@H](C(C)(C)C)[C@H](c2ccccc2)C1. The molecule has 0 radical (unpaired) electrons. The molecule has 18 heavy (non-hydrogen) atoms. The second kappa shape index (κ2) is 5.05. The molecule has 0 amide bonds. The van der Waals surface area contributed by atoms with Gasteiger partial charge in [0.05, 0.1) is 0 Å². The van der Waals surface area contributed by atoms with Crippen molar-refractivity contribution in [3.05, 3.63) is 35.9 Å². The highest BCUT2D eigenvalue weighted by Gasteiger charge is 2.40. The van der Waals surface area contributed by atoms with E-state index in [0.717, 1.165) is 5.92 Å². The Bertz CT molecular complexity index is 374. The quantitative estimate of drug-likeness (QED) is 0.756. The van der Waals surface area contributed by atoms with Gasteiger partial charge in [-0.3, -0.25) is 0 Å². The molecule has 1 aliphatic heterocycles. The van der Waals surface area contributed by atoms with E-state index in [-0.39, 0.29) is 0 Å². The fraction of sp³-hybridized carbons (Fsp3) is 0.647. The number of rotatable bonds is 2. The number of hydrogen-bond donors (Lipinski definition) is 0. The third kappa shape index (κ3) is 2.77. The summed E-state index contributed by atoms with van der Waals surface area (Å²) in [5.41, 5.74) is 1.89. The Hall–Kier alpha value is -0.820. The van der Waals surface area contributed by atoms with Crippen LogP contribution < -0.4 is 0 Å². The molecular formula is C17H27N. The number of likely N-dealkylation sites (tertiary alicyclic amines) is 1. The summed E-state index contributed by atoms with van der Waals surface area (Å²) < 4.78 is 0. The first kappa shape index (κ1) is 13.6. The van der Waals surface area contributed by atoms with Crippen molar-refractivity contribution in [1.82, 2.24) is 4.90 Å². The molecule has 0 spiro atoms. The fourth-order valence-corrected chi connectivity index (χ4v) is 3.17. The maximum Gasteiger partial charge on any atom is 0.00565 e. The van der Waals surface area contributed by atoms with Crippen LogP contribution in [0.3, 0.4) is 0 Å². The van der Waals surface area contributed by atoms with Gasteiger partial charge in [-0.1, -0.05) is 51.1 Å². The van der Waals surface area contributed by atoms with Gasteiger partial charge >= 0.3 is 0 Å². The summed E-state index contributed by atoms with van der Waals surface area (Å²) in [5, 5.41) is 0. The van der Waals surface area contributed by atoms with Crippen molar-refractivity contribution in [2.75, 3.05) is 13.1 Å². The van der Waals surface area contributed by atoms with Crippen LogP contribution in [0, 0.1) is 11.3 Å². The van der Waals surface area contributed by atoms with Crippen molar-refractivity contribution < 1.29 is 0 Å². The Balaban J connectivity index is 2.26. The second-order valence-electron chi connectivity index (χ2n) is 7.04. The van der Waals surface area contributed by atoms with Crippen LogP contribution in [-0.4, -0.2) is 24.0 Å². The Labute approximate surface area is 112 Å². The zero-order valence-corrected chi connectivity index (χ0v) is 12.5. The van der Waals surface area contributed by atoms with E-state index in [1.807, 2.05) is 0 Å². The molecule has 1 aromatic carbocycles. The minimum atomic E-state index is 0.379. The molecule has 100 valence electrons. The minimum absolute atomic E-state index is 0.379. The summed E-state index contributed by atoms with van der Waals surface area (Å²) in [7, 11) is 0. The van der Waals surface area contributed by atoms with Gasteiger partial charge in [0.25, 0.3) is 0 Å². The summed E-state index contributed by atoms with van der Waals surface area (Å²) in [4.78, 5) is 2.63. The Morgan fingerprint density at radius 2 is 1.67 bits per heavy atom. The second-order valence-corrected chi connectivity index (χ2v) is 7.04. The molecule has 0 unspecified atom stereocenters. The molecule has 0 N–H and O–H groups in total. The van der Waals surface area contributed by atoms with E-state index in [1.165, 1.54) is 18.7 Å². The van der Waals surface area contributed by atoms with E-state index in [9.17, 15) is 0 Å². The van der Waals surface area contributed by atoms with Gasteiger partial charge in [0.2, 0.25) is 0 Å². The van der Waals surface area contributed by atoms with Gasteiger partial charge < -0.3 is 4.90 Å². The molecule has 1 aliphatic rings. The molecule has 2 rings (SSSR count). The van der Waals surface area contributed by atoms with Gasteiger partial charge in [-0.05, 0) is 30.7 Å². The van der Waals surface area contributed by atoms with E-state index in [4.69, 9.17) is 0 Å². The van der Waals surface area contributed by atoms with Crippen molar-refractivity contribution in [2.24, 2.45) is 11.3 Å². The van der Waals surface area contributed by atoms with Gasteiger partial charge in [-0.2, -0.15) is 0 Å².